The molecular weight excluding hydrogens is 420 g/mol. The van der Waals surface area contributed by atoms with Crippen molar-refractivity contribution in [3.63, 3.8) is 0 Å². The van der Waals surface area contributed by atoms with Crippen LogP contribution in [0.1, 0.15) is 81.0 Å². The Labute approximate surface area is 212 Å². The lowest BCUT2D eigenvalue weighted by molar-refractivity contribution is 0.667. The van der Waals surface area contributed by atoms with Gasteiger partial charge in [0.2, 0.25) is 0 Å². The quantitative estimate of drug-likeness (QED) is 0.164. The molecule has 0 fully saturated rings. The Morgan fingerprint density at radius 2 is 0.971 bits per heavy atom. The fourth-order valence-electron chi connectivity index (χ4n) is 4.62. The molecule has 0 bridgehead atoms. The highest BCUT2D eigenvalue weighted by atomic mass is 14.1. The van der Waals surface area contributed by atoms with Crippen molar-refractivity contribution in [3.05, 3.63) is 107 Å². The summed E-state index contributed by atoms with van der Waals surface area (Å²) >= 11 is 0. The molecule has 0 radical (unpaired) electrons. The van der Waals surface area contributed by atoms with Crippen LogP contribution >= 0.6 is 0 Å². The van der Waals surface area contributed by atoms with Crippen LogP contribution in [0, 0.1) is 11.8 Å². The maximum atomic E-state index is 3.35. The zero-order valence-electron chi connectivity index (χ0n) is 21.4. The molecule has 4 aromatic carbocycles. The molecule has 0 aliphatic carbocycles. The number of unbranched alkanes of at least 4 members (excludes halogenated alkanes) is 5. The van der Waals surface area contributed by atoms with E-state index in [0.717, 1.165) is 11.1 Å². The third-order valence-electron chi connectivity index (χ3n) is 6.82. The van der Waals surface area contributed by atoms with Gasteiger partial charge in [0, 0.05) is 11.1 Å². The summed E-state index contributed by atoms with van der Waals surface area (Å²) in [7, 11) is 0. The normalized spacial score (nSPS) is 10.8. The zero-order chi connectivity index (χ0) is 24.3. The second-order valence-electron chi connectivity index (χ2n) is 9.69. The molecule has 0 nitrogen and oxygen atoms in total. The number of benzene rings is 4. The van der Waals surface area contributed by atoms with Crippen LogP contribution in [0.3, 0.4) is 0 Å². The van der Waals surface area contributed by atoms with Crippen LogP contribution in [0.2, 0.25) is 0 Å². The Balaban J connectivity index is 1.38. The van der Waals surface area contributed by atoms with Gasteiger partial charge in [-0.15, -0.1) is 0 Å². The second kappa shape index (κ2) is 13.0. The third kappa shape index (κ3) is 7.34. The molecule has 0 saturated heterocycles. The highest BCUT2D eigenvalue weighted by Crippen LogP contribution is 2.22. The zero-order valence-corrected chi connectivity index (χ0v) is 21.4. The summed E-state index contributed by atoms with van der Waals surface area (Å²) in [5.41, 5.74) is 7.50. The lowest BCUT2D eigenvalue weighted by Gasteiger charge is -2.05. The topological polar surface area (TPSA) is 0 Å². The highest BCUT2D eigenvalue weighted by Gasteiger charge is 2.01. The van der Waals surface area contributed by atoms with Gasteiger partial charge in [-0.2, -0.15) is 0 Å². The largest absolute Gasteiger partial charge is 0.0654 e. The Morgan fingerprint density at radius 3 is 1.71 bits per heavy atom. The predicted molar refractivity (Wildman–Crippen MR) is 153 cm³/mol. The Bertz CT molecular complexity index is 1260. The maximum absolute atomic E-state index is 3.35. The van der Waals surface area contributed by atoms with E-state index < -0.39 is 0 Å². The molecule has 0 spiro atoms. The van der Waals surface area contributed by atoms with E-state index in [1.165, 1.54) is 90.8 Å². The van der Waals surface area contributed by atoms with Gasteiger partial charge in [-0.3, -0.25) is 0 Å². The summed E-state index contributed by atoms with van der Waals surface area (Å²) in [5, 5.41) is 2.57. The molecule has 35 heavy (non-hydrogen) atoms. The molecule has 178 valence electrons. The van der Waals surface area contributed by atoms with E-state index in [0.29, 0.717) is 0 Å². The van der Waals surface area contributed by atoms with E-state index >= 15 is 0 Å². The van der Waals surface area contributed by atoms with Gasteiger partial charge < -0.3 is 0 Å². The monoisotopic (exact) mass is 458 g/mol. The van der Waals surface area contributed by atoms with Crippen molar-refractivity contribution in [2.45, 2.75) is 71.6 Å². The average Bonchev–Trinajstić information content (AvgIpc) is 2.91. The predicted octanol–water partition coefficient (Wildman–Crippen LogP) is 9.76. The van der Waals surface area contributed by atoms with Crippen molar-refractivity contribution < 1.29 is 0 Å². The van der Waals surface area contributed by atoms with Crippen molar-refractivity contribution in [3.8, 4) is 23.0 Å². The van der Waals surface area contributed by atoms with Crippen molar-refractivity contribution in [2.24, 2.45) is 0 Å². The Hall–Kier alpha value is -3.30. The van der Waals surface area contributed by atoms with Crippen LogP contribution in [-0.2, 0) is 12.8 Å². The molecule has 4 rings (SSSR count). The minimum Gasteiger partial charge on any atom is -0.0654 e. The standard InChI is InChI=1S/C35H38/c1-3-5-7-9-10-28-14-20-32(21-15-28)33-22-16-29(17-23-33)12-13-31-19-25-34-26-30(11-8-6-4-2)18-24-35(34)27-31/h14-27H,3-11H2,1-2H3. The SMILES string of the molecule is CCCCCCc1ccc(-c2ccc(C#Cc3ccc4cc(CCCCC)ccc4c3)cc2)cc1. The average molecular weight is 459 g/mol. The molecule has 0 unspecified atom stereocenters. The number of hydrogen-bond donors (Lipinski definition) is 0. The molecule has 0 aliphatic heterocycles. The lowest BCUT2D eigenvalue weighted by atomic mass is 10.00. The fourth-order valence-corrected chi connectivity index (χ4v) is 4.62. The number of fused-ring (bicyclic) bond motifs is 1. The van der Waals surface area contributed by atoms with Gasteiger partial charge >= 0.3 is 0 Å². The molecule has 0 heterocycles. The summed E-state index contributed by atoms with van der Waals surface area (Å²) in [4.78, 5) is 0. The van der Waals surface area contributed by atoms with E-state index in [1.807, 2.05) is 0 Å². The van der Waals surface area contributed by atoms with Crippen LogP contribution in [0.15, 0.2) is 84.9 Å². The van der Waals surface area contributed by atoms with Crippen LogP contribution in [0.25, 0.3) is 21.9 Å². The molecule has 0 atom stereocenters. The van der Waals surface area contributed by atoms with Gasteiger partial charge in [0.25, 0.3) is 0 Å². The fraction of sp³-hybridized carbons (Fsp3) is 0.314. The first-order chi connectivity index (χ1) is 17.2. The Morgan fingerprint density at radius 1 is 0.457 bits per heavy atom. The Kier molecular flexibility index (Phi) is 9.19. The number of rotatable bonds is 10. The van der Waals surface area contributed by atoms with E-state index in [9.17, 15) is 0 Å². The van der Waals surface area contributed by atoms with Gasteiger partial charge in [-0.05, 0) is 83.0 Å². The molecule has 0 heteroatoms. The molecule has 0 saturated carbocycles. The van der Waals surface area contributed by atoms with Gasteiger partial charge in [0.15, 0.2) is 0 Å². The van der Waals surface area contributed by atoms with Gasteiger partial charge in [0.05, 0.1) is 0 Å². The first-order valence-electron chi connectivity index (χ1n) is 13.5. The third-order valence-corrected chi connectivity index (χ3v) is 6.82. The molecular formula is C35H38. The summed E-state index contributed by atoms with van der Waals surface area (Å²) in [6.45, 7) is 4.52. The van der Waals surface area contributed by atoms with Crippen LogP contribution in [-0.4, -0.2) is 0 Å². The summed E-state index contributed by atoms with van der Waals surface area (Å²) < 4.78 is 0. The van der Waals surface area contributed by atoms with E-state index in [4.69, 9.17) is 0 Å². The number of hydrogen-bond acceptors (Lipinski definition) is 0. The molecule has 0 aromatic heterocycles. The van der Waals surface area contributed by atoms with Crippen molar-refractivity contribution in [2.75, 3.05) is 0 Å². The van der Waals surface area contributed by atoms with Gasteiger partial charge in [0.1, 0.15) is 0 Å². The van der Waals surface area contributed by atoms with Gasteiger partial charge in [-0.25, -0.2) is 0 Å². The summed E-state index contributed by atoms with van der Waals surface area (Å²) in [5.74, 6) is 6.70. The first kappa shape index (κ1) is 24.8. The molecule has 0 N–H and O–H groups in total. The molecule has 0 amide bonds. The number of aryl methyl sites for hydroxylation is 2. The first-order valence-corrected chi connectivity index (χ1v) is 13.5. The van der Waals surface area contributed by atoms with E-state index in [-0.39, 0.29) is 0 Å². The van der Waals surface area contributed by atoms with E-state index in [1.54, 1.807) is 0 Å². The minimum absolute atomic E-state index is 1.05. The summed E-state index contributed by atoms with van der Waals surface area (Å²) in [6, 6.07) is 31.1. The van der Waals surface area contributed by atoms with Crippen LogP contribution in [0.5, 0.6) is 0 Å². The minimum atomic E-state index is 1.05. The van der Waals surface area contributed by atoms with Crippen molar-refractivity contribution in [1.82, 2.24) is 0 Å². The molecule has 4 aromatic rings. The van der Waals surface area contributed by atoms with Crippen molar-refractivity contribution >= 4 is 10.8 Å². The smallest absolute Gasteiger partial charge is 0.0255 e. The van der Waals surface area contributed by atoms with E-state index in [2.05, 4.69) is 111 Å². The maximum Gasteiger partial charge on any atom is 0.0255 e. The van der Waals surface area contributed by atoms with Crippen LogP contribution in [0.4, 0.5) is 0 Å². The van der Waals surface area contributed by atoms with Gasteiger partial charge in [-0.1, -0.05) is 118 Å². The van der Waals surface area contributed by atoms with Crippen LogP contribution < -0.4 is 0 Å². The summed E-state index contributed by atoms with van der Waals surface area (Å²) in [6.07, 6.45) is 11.5. The highest BCUT2D eigenvalue weighted by molar-refractivity contribution is 5.84. The molecule has 0 aliphatic rings. The van der Waals surface area contributed by atoms with Crippen molar-refractivity contribution in [1.29, 1.82) is 0 Å². The second-order valence-corrected chi connectivity index (χ2v) is 9.69. The lowest BCUT2D eigenvalue weighted by Crippen LogP contribution is -1.87.